The van der Waals surface area contributed by atoms with Crippen molar-refractivity contribution in [3.8, 4) is 0 Å². The molecule has 140 valence electrons. The molecule has 0 aliphatic carbocycles. The monoisotopic (exact) mass is 376 g/mol. The van der Waals surface area contributed by atoms with Gasteiger partial charge >= 0.3 is 0 Å². The average molecular weight is 377 g/mol. The van der Waals surface area contributed by atoms with Gasteiger partial charge in [0.1, 0.15) is 19.5 Å². The van der Waals surface area contributed by atoms with Gasteiger partial charge in [0, 0.05) is 13.0 Å². The van der Waals surface area contributed by atoms with Crippen molar-refractivity contribution in [2.45, 2.75) is 20.3 Å². The molecule has 0 atom stereocenters. The predicted octanol–water partition coefficient (Wildman–Crippen LogP) is 1.67. The number of nitrogens with one attached hydrogen (secondary N) is 1. The van der Waals surface area contributed by atoms with E-state index in [4.69, 9.17) is 14.5 Å². The van der Waals surface area contributed by atoms with Gasteiger partial charge in [-0.15, -0.1) is 0 Å². The number of benzene rings is 1. The lowest BCUT2D eigenvalue weighted by Gasteiger charge is -2.23. The molecule has 1 aliphatic heterocycles. The summed E-state index contributed by atoms with van der Waals surface area (Å²) in [6.07, 6.45) is 2.30. The molecule has 1 aromatic carbocycles. The molecule has 0 unspecified atom stereocenters. The molecule has 7 heteroatoms. The van der Waals surface area contributed by atoms with Crippen LogP contribution in [0, 0.1) is 13.8 Å². The fourth-order valence-corrected chi connectivity index (χ4v) is 3.84. The van der Waals surface area contributed by atoms with Crippen molar-refractivity contribution < 1.29 is 19.2 Å². The smallest absolute Gasteiger partial charge is 0.298 e. The third kappa shape index (κ3) is 4.16. The maximum Gasteiger partial charge on any atom is 0.298 e. The first-order chi connectivity index (χ1) is 12.5. The molecule has 0 saturated carbocycles. The number of rotatable bonds is 6. The molecule has 0 fully saturated rings. The number of aromatic nitrogens is 1. The third-order valence-electron chi connectivity index (χ3n) is 4.39. The molecular formula is C19H26N3O3S+. The molecule has 6 nitrogen and oxygen atoms in total. The summed E-state index contributed by atoms with van der Waals surface area (Å²) in [6.45, 7) is 6.61. The first kappa shape index (κ1) is 18.7. The summed E-state index contributed by atoms with van der Waals surface area (Å²) in [4.78, 5) is 20.8. The van der Waals surface area contributed by atoms with Crippen LogP contribution in [0.25, 0.3) is 10.2 Å². The first-order valence-electron chi connectivity index (χ1n) is 8.89. The number of carbonyl (C=O) groups excluding carboxylic acids is 1. The minimum atomic E-state index is -0.189. The predicted molar refractivity (Wildman–Crippen MR) is 104 cm³/mol. The SMILES string of the molecule is Cc1cc2nc(N(CCC[NH+](C)C)C(=O)C3=COCCO3)sc2cc1C. The van der Waals surface area contributed by atoms with Gasteiger partial charge in [-0.05, 0) is 37.1 Å². The molecule has 26 heavy (non-hydrogen) atoms. The number of carbonyl (C=O) groups is 1. The summed E-state index contributed by atoms with van der Waals surface area (Å²) < 4.78 is 11.9. The van der Waals surface area contributed by atoms with Gasteiger partial charge in [0.05, 0.1) is 30.9 Å². The van der Waals surface area contributed by atoms with Crippen LogP contribution in [0.15, 0.2) is 24.2 Å². The number of anilines is 1. The summed E-state index contributed by atoms with van der Waals surface area (Å²) in [5.74, 6) is 0.0611. The van der Waals surface area contributed by atoms with Crippen LogP contribution < -0.4 is 9.80 Å². The van der Waals surface area contributed by atoms with Crippen LogP contribution in [-0.2, 0) is 14.3 Å². The highest BCUT2D eigenvalue weighted by molar-refractivity contribution is 7.22. The normalized spacial score (nSPS) is 14.1. The van der Waals surface area contributed by atoms with Crippen LogP contribution in [0.3, 0.4) is 0 Å². The van der Waals surface area contributed by atoms with E-state index in [2.05, 4.69) is 40.1 Å². The Kier molecular flexibility index (Phi) is 5.78. The summed E-state index contributed by atoms with van der Waals surface area (Å²) in [5.41, 5.74) is 3.36. The first-order valence-corrected chi connectivity index (χ1v) is 9.70. The lowest BCUT2D eigenvalue weighted by molar-refractivity contribution is -0.858. The Hall–Kier alpha value is -2.12. The maximum atomic E-state index is 13.0. The van der Waals surface area contributed by atoms with Crippen LogP contribution in [0.2, 0.25) is 0 Å². The fraction of sp³-hybridized carbons (Fsp3) is 0.474. The van der Waals surface area contributed by atoms with Gasteiger partial charge in [-0.3, -0.25) is 9.69 Å². The molecule has 1 amide bonds. The molecule has 3 rings (SSSR count). The van der Waals surface area contributed by atoms with Crippen LogP contribution >= 0.6 is 11.3 Å². The molecule has 0 spiro atoms. The zero-order valence-electron chi connectivity index (χ0n) is 15.8. The highest BCUT2D eigenvalue weighted by Gasteiger charge is 2.26. The minimum Gasteiger partial charge on any atom is -0.494 e. The number of fused-ring (bicyclic) bond motifs is 1. The fourth-order valence-electron chi connectivity index (χ4n) is 2.77. The van der Waals surface area contributed by atoms with E-state index in [9.17, 15) is 4.79 Å². The summed E-state index contributed by atoms with van der Waals surface area (Å²) in [6, 6.07) is 4.22. The van der Waals surface area contributed by atoms with Crippen molar-refractivity contribution in [1.29, 1.82) is 0 Å². The second-order valence-electron chi connectivity index (χ2n) is 6.87. The highest BCUT2D eigenvalue weighted by Crippen LogP contribution is 2.31. The largest absolute Gasteiger partial charge is 0.494 e. The number of aryl methyl sites for hydroxylation is 2. The van der Waals surface area contributed by atoms with Crippen LogP contribution in [-0.4, -0.2) is 51.3 Å². The zero-order valence-corrected chi connectivity index (χ0v) is 16.6. The maximum absolute atomic E-state index is 13.0. The Balaban J connectivity index is 1.91. The van der Waals surface area contributed by atoms with E-state index in [0.717, 1.165) is 23.2 Å². The van der Waals surface area contributed by atoms with Gasteiger partial charge in [-0.2, -0.15) is 0 Å². The molecule has 2 aromatic rings. The average Bonchev–Trinajstić information content (AvgIpc) is 3.01. The molecular weight excluding hydrogens is 350 g/mol. The lowest BCUT2D eigenvalue weighted by atomic mass is 10.1. The van der Waals surface area contributed by atoms with Gasteiger partial charge in [-0.25, -0.2) is 4.98 Å². The molecule has 1 N–H and O–H groups in total. The summed E-state index contributed by atoms with van der Waals surface area (Å²) in [5, 5.41) is 0.707. The molecule has 2 heterocycles. The minimum absolute atomic E-state index is 0.189. The standard InChI is InChI=1S/C19H25N3O3S/c1-13-10-15-17(11-14(13)2)26-19(20-15)22(7-5-6-21(3)4)18(23)16-12-24-8-9-25-16/h10-12H,5-9H2,1-4H3/p+1. The van der Waals surface area contributed by atoms with Gasteiger partial charge in [-0.1, -0.05) is 11.3 Å². The molecule has 1 aromatic heterocycles. The van der Waals surface area contributed by atoms with Gasteiger partial charge in [0.15, 0.2) is 5.13 Å². The van der Waals surface area contributed by atoms with E-state index in [1.54, 1.807) is 16.2 Å². The van der Waals surface area contributed by atoms with Crippen molar-refractivity contribution in [1.82, 2.24) is 4.98 Å². The Bertz CT molecular complexity index is 790. The van der Waals surface area contributed by atoms with Gasteiger partial charge in [0.2, 0.25) is 5.76 Å². The second-order valence-corrected chi connectivity index (χ2v) is 7.88. The Labute approximate surface area is 158 Å². The van der Waals surface area contributed by atoms with E-state index < -0.39 is 0 Å². The van der Waals surface area contributed by atoms with Crippen LogP contribution in [0.4, 0.5) is 5.13 Å². The Morgan fingerprint density at radius 2 is 2.04 bits per heavy atom. The second kappa shape index (κ2) is 8.05. The molecule has 0 radical (unpaired) electrons. The van der Waals surface area contributed by atoms with E-state index >= 15 is 0 Å². The highest BCUT2D eigenvalue weighted by atomic mass is 32.1. The Morgan fingerprint density at radius 1 is 1.27 bits per heavy atom. The number of hydrogen-bond acceptors (Lipinski definition) is 5. The topological polar surface area (TPSA) is 56.1 Å². The van der Waals surface area contributed by atoms with E-state index in [0.29, 0.717) is 24.9 Å². The number of ether oxygens (including phenoxy) is 2. The van der Waals surface area contributed by atoms with Crippen molar-refractivity contribution in [3.05, 3.63) is 35.3 Å². The van der Waals surface area contributed by atoms with Crippen molar-refractivity contribution in [3.63, 3.8) is 0 Å². The van der Waals surface area contributed by atoms with Crippen molar-refractivity contribution in [2.24, 2.45) is 0 Å². The quantitative estimate of drug-likeness (QED) is 0.833. The molecule has 0 bridgehead atoms. The number of thiazole rings is 1. The number of amides is 1. The number of quaternary nitrogens is 1. The molecule has 1 aliphatic rings. The summed E-state index contributed by atoms with van der Waals surface area (Å²) in [7, 11) is 4.21. The summed E-state index contributed by atoms with van der Waals surface area (Å²) >= 11 is 1.54. The number of nitrogens with zero attached hydrogens (tertiary/aromatic N) is 2. The van der Waals surface area contributed by atoms with E-state index in [-0.39, 0.29) is 11.7 Å². The van der Waals surface area contributed by atoms with Crippen LogP contribution in [0.5, 0.6) is 0 Å². The van der Waals surface area contributed by atoms with Crippen LogP contribution in [0.1, 0.15) is 17.5 Å². The Morgan fingerprint density at radius 3 is 2.73 bits per heavy atom. The van der Waals surface area contributed by atoms with E-state index in [1.165, 1.54) is 22.3 Å². The third-order valence-corrected chi connectivity index (χ3v) is 5.43. The van der Waals surface area contributed by atoms with Gasteiger partial charge in [0.25, 0.3) is 5.91 Å². The van der Waals surface area contributed by atoms with Gasteiger partial charge < -0.3 is 14.4 Å². The van der Waals surface area contributed by atoms with Crippen molar-refractivity contribution in [2.75, 3.05) is 45.3 Å². The molecule has 0 saturated heterocycles. The van der Waals surface area contributed by atoms with E-state index in [1.807, 2.05) is 0 Å². The lowest BCUT2D eigenvalue weighted by Crippen LogP contribution is -3.05. The van der Waals surface area contributed by atoms with Crippen molar-refractivity contribution >= 4 is 32.6 Å². The number of hydrogen-bond donors (Lipinski definition) is 1. The zero-order chi connectivity index (χ0) is 18.7.